The van der Waals surface area contributed by atoms with Crippen LogP contribution in [0.5, 0.6) is 0 Å². The highest BCUT2D eigenvalue weighted by Crippen LogP contribution is 2.35. The molecule has 4 rings (SSSR count). The fourth-order valence-corrected chi connectivity index (χ4v) is 4.71. The Bertz CT molecular complexity index is 1110. The molecule has 1 atom stereocenters. The maximum absolute atomic E-state index is 12.9. The number of aryl methyl sites for hydroxylation is 1. The summed E-state index contributed by atoms with van der Waals surface area (Å²) >= 11 is 0. The van der Waals surface area contributed by atoms with Crippen molar-refractivity contribution in [3.05, 3.63) is 89.4 Å². The van der Waals surface area contributed by atoms with Gasteiger partial charge in [0, 0.05) is 12.6 Å². The maximum atomic E-state index is 12.9. The summed E-state index contributed by atoms with van der Waals surface area (Å²) in [5.41, 5.74) is 2.92. The van der Waals surface area contributed by atoms with Crippen LogP contribution in [0.1, 0.15) is 39.7 Å². The average Bonchev–Trinajstić information content (AvgIpc) is 3.41. The topological polar surface area (TPSA) is 79.6 Å². The van der Waals surface area contributed by atoms with Crippen molar-refractivity contribution < 1.29 is 17.6 Å². The van der Waals surface area contributed by atoms with Gasteiger partial charge in [-0.05, 0) is 60.4 Å². The molecule has 6 nitrogen and oxygen atoms in total. The first-order chi connectivity index (χ1) is 14.0. The number of rotatable bonds is 6. The first-order valence-corrected chi connectivity index (χ1v) is 10.9. The lowest BCUT2D eigenvalue weighted by atomic mass is 10.1. The minimum absolute atomic E-state index is 0.0390. The third kappa shape index (κ3) is 3.97. The molecule has 0 radical (unpaired) electrons. The monoisotopic (exact) mass is 410 g/mol. The molecular formula is C22H22N2O4S. The van der Waals surface area contributed by atoms with Crippen LogP contribution in [0.4, 0.5) is 0 Å². The third-order valence-corrected chi connectivity index (χ3v) is 6.73. The Morgan fingerprint density at radius 2 is 1.86 bits per heavy atom. The molecule has 3 aromatic rings. The molecule has 150 valence electrons. The first kappa shape index (κ1) is 19.4. The lowest BCUT2D eigenvalue weighted by molar-refractivity contribution is 0.0730. The highest BCUT2D eigenvalue weighted by molar-refractivity contribution is 7.89. The van der Waals surface area contributed by atoms with Crippen LogP contribution in [0.25, 0.3) is 0 Å². The van der Waals surface area contributed by atoms with E-state index in [1.54, 1.807) is 36.2 Å². The van der Waals surface area contributed by atoms with Crippen molar-refractivity contribution in [2.45, 2.75) is 30.3 Å². The SMILES string of the molecule is CN(C(=O)c1ccc(S(=O)(=O)NCc2ccco2)cc1)C1CCc2ccccc21. The van der Waals surface area contributed by atoms with Gasteiger partial charge in [-0.15, -0.1) is 0 Å². The van der Waals surface area contributed by atoms with Crippen molar-refractivity contribution in [1.82, 2.24) is 9.62 Å². The van der Waals surface area contributed by atoms with E-state index >= 15 is 0 Å². The van der Waals surface area contributed by atoms with Gasteiger partial charge in [-0.2, -0.15) is 0 Å². The van der Waals surface area contributed by atoms with Gasteiger partial charge in [0.05, 0.1) is 23.7 Å². The van der Waals surface area contributed by atoms with Gasteiger partial charge in [-0.25, -0.2) is 13.1 Å². The number of furan rings is 1. The Kier molecular flexibility index (Phi) is 5.25. The second-order valence-electron chi connectivity index (χ2n) is 7.10. The Labute approximate surface area is 170 Å². The van der Waals surface area contributed by atoms with E-state index in [1.807, 2.05) is 12.1 Å². The first-order valence-electron chi connectivity index (χ1n) is 9.43. The smallest absolute Gasteiger partial charge is 0.254 e. The molecule has 2 aromatic carbocycles. The van der Waals surface area contributed by atoms with Gasteiger partial charge < -0.3 is 9.32 Å². The highest BCUT2D eigenvalue weighted by atomic mass is 32.2. The predicted molar refractivity (Wildman–Crippen MR) is 109 cm³/mol. The Morgan fingerprint density at radius 3 is 2.59 bits per heavy atom. The second kappa shape index (κ2) is 7.85. The van der Waals surface area contributed by atoms with E-state index in [0.717, 1.165) is 12.8 Å². The molecule has 0 saturated heterocycles. The molecular weight excluding hydrogens is 388 g/mol. The molecule has 1 aliphatic carbocycles. The molecule has 1 heterocycles. The summed E-state index contributed by atoms with van der Waals surface area (Å²) in [6.45, 7) is 0.0693. The molecule has 0 aliphatic heterocycles. The van der Waals surface area contributed by atoms with Crippen molar-refractivity contribution >= 4 is 15.9 Å². The van der Waals surface area contributed by atoms with Crippen LogP contribution >= 0.6 is 0 Å². The molecule has 1 aliphatic rings. The van der Waals surface area contributed by atoms with Crippen molar-refractivity contribution in [2.75, 3.05) is 7.05 Å². The number of carbonyl (C=O) groups excluding carboxylic acids is 1. The number of nitrogens with one attached hydrogen (secondary N) is 1. The van der Waals surface area contributed by atoms with Crippen LogP contribution in [0, 0.1) is 0 Å². The summed E-state index contributed by atoms with van der Waals surface area (Å²) in [4.78, 5) is 14.8. The Balaban J connectivity index is 1.46. The molecule has 1 unspecified atom stereocenters. The summed E-state index contributed by atoms with van der Waals surface area (Å²) in [7, 11) is -1.89. The molecule has 0 fully saturated rings. The minimum Gasteiger partial charge on any atom is -0.468 e. The van der Waals surface area contributed by atoms with E-state index in [4.69, 9.17) is 4.42 Å². The van der Waals surface area contributed by atoms with E-state index in [-0.39, 0.29) is 23.4 Å². The summed E-state index contributed by atoms with van der Waals surface area (Å²) in [6, 6.07) is 17.6. The highest BCUT2D eigenvalue weighted by Gasteiger charge is 2.29. The number of fused-ring (bicyclic) bond motifs is 1. The minimum atomic E-state index is -3.69. The number of amides is 1. The second-order valence-corrected chi connectivity index (χ2v) is 8.86. The van der Waals surface area contributed by atoms with Crippen LogP contribution in [0.3, 0.4) is 0 Å². The largest absolute Gasteiger partial charge is 0.468 e. The van der Waals surface area contributed by atoms with E-state index in [9.17, 15) is 13.2 Å². The summed E-state index contributed by atoms with van der Waals surface area (Å²) in [6.07, 6.45) is 3.34. The molecule has 29 heavy (non-hydrogen) atoms. The van der Waals surface area contributed by atoms with Crippen LogP contribution in [-0.2, 0) is 23.0 Å². The molecule has 0 bridgehead atoms. The maximum Gasteiger partial charge on any atom is 0.254 e. The lowest BCUT2D eigenvalue weighted by Crippen LogP contribution is -2.30. The molecule has 1 amide bonds. The van der Waals surface area contributed by atoms with Crippen molar-refractivity contribution in [3.63, 3.8) is 0 Å². The number of hydrogen-bond acceptors (Lipinski definition) is 4. The fraction of sp³-hybridized carbons (Fsp3) is 0.227. The number of benzene rings is 2. The van der Waals surface area contributed by atoms with Gasteiger partial charge in [-0.3, -0.25) is 4.79 Å². The third-order valence-electron chi connectivity index (χ3n) is 5.32. The van der Waals surface area contributed by atoms with Gasteiger partial charge in [-0.1, -0.05) is 24.3 Å². The van der Waals surface area contributed by atoms with E-state index in [1.165, 1.54) is 29.5 Å². The van der Waals surface area contributed by atoms with Gasteiger partial charge >= 0.3 is 0 Å². The van der Waals surface area contributed by atoms with Crippen LogP contribution in [-0.4, -0.2) is 26.3 Å². The summed E-state index contributed by atoms with van der Waals surface area (Å²) in [5, 5.41) is 0. The molecule has 0 saturated carbocycles. The lowest BCUT2D eigenvalue weighted by Gasteiger charge is -2.25. The molecule has 1 N–H and O–H groups in total. The van der Waals surface area contributed by atoms with Gasteiger partial charge in [0.2, 0.25) is 10.0 Å². The molecule has 0 spiro atoms. The molecule has 7 heteroatoms. The summed E-state index contributed by atoms with van der Waals surface area (Å²) < 4.78 is 32.5. The Morgan fingerprint density at radius 1 is 1.10 bits per heavy atom. The number of hydrogen-bond donors (Lipinski definition) is 1. The van der Waals surface area contributed by atoms with Crippen molar-refractivity contribution in [1.29, 1.82) is 0 Å². The van der Waals surface area contributed by atoms with E-state index < -0.39 is 10.0 Å². The van der Waals surface area contributed by atoms with Gasteiger partial charge in [0.25, 0.3) is 5.91 Å². The van der Waals surface area contributed by atoms with Crippen molar-refractivity contribution in [3.8, 4) is 0 Å². The standard InChI is InChI=1S/C22H22N2O4S/c1-24(21-13-10-16-5-2-3-7-20(16)21)22(25)17-8-11-19(12-9-17)29(26,27)23-15-18-6-4-14-28-18/h2-9,11-12,14,21,23H,10,13,15H2,1H3. The van der Waals surface area contributed by atoms with Crippen LogP contribution < -0.4 is 4.72 Å². The fourth-order valence-electron chi connectivity index (χ4n) is 3.72. The Hall–Kier alpha value is -2.90. The predicted octanol–water partition coefficient (Wildman–Crippen LogP) is 3.52. The zero-order valence-electron chi connectivity index (χ0n) is 16.0. The van der Waals surface area contributed by atoms with E-state index in [0.29, 0.717) is 11.3 Å². The van der Waals surface area contributed by atoms with Crippen LogP contribution in [0.2, 0.25) is 0 Å². The van der Waals surface area contributed by atoms with Crippen LogP contribution in [0.15, 0.2) is 76.2 Å². The van der Waals surface area contributed by atoms with Crippen molar-refractivity contribution in [2.24, 2.45) is 0 Å². The van der Waals surface area contributed by atoms with Gasteiger partial charge in [0.1, 0.15) is 5.76 Å². The van der Waals surface area contributed by atoms with Gasteiger partial charge in [0.15, 0.2) is 0 Å². The quantitative estimate of drug-likeness (QED) is 0.674. The summed E-state index contributed by atoms with van der Waals surface area (Å²) in [5.74, 6) is 0.401. The zero-order chi connectivity index (χ0) is 20.4. The molecule has 1 aromatic heterocycles. The van der Waals surface area contributed by atoms with E-state index in [2.05, 4.69) is 16.9 Å². The zero-order valence-corrected chi connectivity index (χ0v) is 16.9. The normalized spacial score (nSPS) is 15.8. The number of nitrogens with zero attached hydrogens (tertiary/aromatic N) is 1. The number of carbonyl (C=O) groups is 1. The average molecular weight is 410 g/mol. The number of sulfonamides is 1.